The number of benzene rings is 2. The molecule has 0 amide bonds. The number of fused-ring (bicyclic) bond motifs is 1. The number of aromatic nitrogens is 2. The first-order valence-electron chi connectivity index (χ1n) is 8.44. The van der Waals surface area contributed by atoms with Gasteiger partial charge in [-0.25, -0.2) is 0 Å². The van der Waals surface area contributed by atoms with Crippen LogP contribution < -0.4 is 10.3 Å². The minimum absolute atomic E-state index is 0.0185. The lowest BCUT2D eigenvalue weighted by molar-refractivity contribution is 0.431. The van der Waals surface area contributed by atoms with E-state index in [1.807, 2.05) is 30.3 Å². The molecule has 2 heterocycles. The Morgan fingerprint density at radius 3 is 2.65 bits per heavy atom. The van der Waals surface area contributed by atoms with Gasteiger partial charge in [-0.05, 0) is 36.2 Å². The first-order chi connectivity index (χ1) is 12.7. The molecule has 6 heteroatoms. The summed E-state index contributed by atoms with van der Waals surface area (Å²) >= 11 is 7.54. The van der Waals surface area contributed by atoms with Gasteiger partial charge in [0.1, 0.15) is 5.75 Å². The number of halogens is 1. The third kappa shape index (κ3) is 3.64. The quantitative estimate of drug-likeness (QED) is 0.607. The van der Waals surface area contributed by atoms with Gasteiger partial charge in [-0.15, -0.1) is 0 Å². The maximum atomic E-state index is 13.1. The molecule has 0 radical (unpaired) electrons. The molecule has 0 unspecified atom stereocenters. The number of ether oxygens (including phenoxy) is 1. The topological polar surface area (TPSA) is 44.1 Å². The number of hydrogen-bond donors (Lipinski definition) is 0. The van der Waals surface area contributed by atoms with Gasteiger partial charge < -0.3 is 4.74 Å². The van der Waals surface area contributed by atoms with Crippen molar-refractivity contribution in [1.29, 1.82) is 0 Å². The highest BCUT2D eigenvalue weighted by molar-refractivity contribution is 7.99. The van der Waals surface area contributed by atoms with Gasteiger partial charge in [0, 0.05) is 23.7 Å². The van der Waals surface area contributed by atoms with E-state index in [0.717, 1.165) is 22.9 Å². The maximum absolute atomic E-state index is 13.1. The fraction of sp³-hybridized carbons (Fsp3) is 0.200. The predicted molar refractivity (Wildman–Crippen MR) is 105 cm³/mol. The largest absolute Gasteiger partial charge is 0.438 e. The van der Waals surface area contributed by atoms with Gasteiger partial charge in [0.2, 0.25) is 5.88 Å². The predicted octanol–water partition coefficient (Wildman–Crippen LogP) is 4.78. The Kier molecular flexibility index (Phi) is 5.00. The van der Waals surface area contributed by atoms with Crippen molar-refractivity contribution < 1.29 is 4.74 Å². The Labute approximate surface area is 160 Å². The lowest BCUT2D eigenvalue weighted by atomic mass is 10.1. The van der Waals surface area contributed by atoms with Crippen LogP contribution in [-0.4, -0.2) is 15.3 Å². The van der Waals surface area contributed by atoms with Gasteiger partial charge in [-0.3, -0.25) is 9.36 Å². The second kappa shape index (κ2) is 7.56. The Hall–Kier alpha value is -2.24. The van der Waals surface area contributed by atoms with E-state index < -0.39 is 0 Å². The van der Waals surface area contributed by atoms with Crippen molar-refractivity contribution in [2.24, 2.45) is 0 Å². The molecular formula is C20H17ClN2O2S. The van der Waals surface area contributed by atoms with Gasteiger partial charge >= 0.3 is 0 Å². The first-order valence-corrected chi connectivity index (χ1v) is 9.81. The second-order valence-corrected chi connectivity index (χ2v) is 7.55. The van der Waals surface area contributed by atoms with E-state index in [4.69, 9.17) is 16.3 Å². The van der Waals surface area contributed by atoms with Crippen LogP contribution in [0.2, 0.25) is 5.02 Å². The van der Waals surface area contributed by atoms with Crippen LogP contribution in [-0.2, 0) is 13.0 Å². The van der Waals surface area contributed by atoms with Gasteiger partial charge in [0.15, 0.2) is 5.16 Å². The molecule has 0 spiro atoms. The molecule has 2 aromatic carbocycles. The molecule has 4 rings (SSSR count). The van der Waals surface area contributed by atoms with E-state index in [9.17, 15) is 4.79 Å². The summed E-state index contributed by atoms with van der Waals surface area (Å²) in [4.78, 5) is 17.8. The van der Waals surface area contributed by atoms with Crippen LogP contribution in [0.3, 0.4) is 0 Å². The van der Waals surface area contributed by atoms with Crippen LogP contribution in [0.1, 0.15) is 17.5 Å². The Morgan fingerprint density at radius 1 is 1.12 bits per heavy atom. The van der Waals surface area contributed by atoms with Crippen molar-refractivity contribution in [1.82, 2.24) is 9.55 Å². The van der Waals surface area contributed by atoms with E-state index in [-0.39, 0.29) is 5.56 Å². The van der Waals surface area contributed by atoms with Crippen LogP contribution in [0.4, 0.5) is 0 Å². The smallest absolute Gasteiger partial charge is 0.261 e. The average Bonchev–Trinajstić information content (AvgIpc) is 2.67. The van der Waals surface area contributed by atoms with Crippen molar-refractivity contribution in [3.63, 3.8) is 0 Å². The van der Waals surface area contributed by atoms with Crippen molar-refractivity contribution in [3.8, 4) is 11.6 Å². The molecule has 1 aromatic heterocycles. The molecule has 0 fully saturated rings. The van der Waals surface area contributed by atoms with Crippen LogP contribution in [0.25, 0.3) is 0 Å². The van der Waals surface area contributed by atoms with E-state index in [1.54, 1.807) is 40.6 Å². The zero-order valence-electron chi connectivity index (χ0n) is 14.0. The molecule has 1 aliphatic rings. The molecule has 26 heavy (non-hydrogen) atoms. The maximum Gasteiger partial charge on any atom is 0.261 e. The molecule has 3 aromatic rings. The van der Waals surface area contributed by atoms with Crippen LogP contribution in [0, 0.1) is 0 Å². The highest BCUT2D eigenvalue weighted by Gasteiger charge is 2.21. The third-order valence-electron chi connectivity index (χ3n) is 4.20. The Bertz CT molecular complexity index is 972. The summed E-state index contributed by atoms with van der Waals surface area (Å²) in [6, 6.07) is 17.0. The number of nitrogens with zero attached hydrogens (tertiary/aromatic N) is 2. The normalized spacial score (nSPS) is 13.3. The zero-order chi connectivity index (χ0) is 17.9. The van der Waals surface area contributed by atoms with Crippen LogP contribution >= 0.6 is 23.4 Å². The summed E-state index contributed by atoms with van der Waals surface area (Å²) in [6.07, 6.45) is 1.46. The van der Waals surface area contributed by atoms with Gasteiger partial charge in [0.25, 0.3) is 5.56 Å². The fourth-order valence-corrected chi connectivity index (χ4v) is 3.96. The van der Waals surface area contributed by atoms with E-state index >= 15 is 0 Å². The standard InChI is InChI=1S/C20H17ClN2O2S/c21-15-7-9-16(10-8-15)25-18-17(13-14-5-2-1-3-6-14)19(24)23-11-4-12-26-20(23)22-18/h1-3,5-10H,4,11-13H2. The Morgan fingerprint density at radius 2 is 1.88 bits per heavy atom. The molecule has 132 valence electrons. The zero-order valence-corrected chi connectivity index (χ0v) is 15.6. The molecule has 1 aliphatic heterocycles. The molecule has 0 N–H and O–H groups in total. The minimum atomic E-state index is -0.0185. The van der Waals surface area contributed by atoms with Gasteiger partial charge in [-0.2, -0.15) is 4.98 Å². The summed E-state index contributed by atoms with van der Waals surface area (Å²) in [7, 11) is 0. The van der Waals surface area contributed by atoms with Gasteiger partial charge in [-0.1, -0.05) is 53.7 Å². The number of rotatable bonds is 4. The molecule has 4 nitrogen and oxygen atoms in total. The Balaban J connectivity index is 1.78. The SMILES string of the molecule is O=c1c(Cc2ccccc2)c(Oc2ccc(Cl)cc2)nc2n1CCCS2. The molecule has 0 saturated heterocycles. The minimum Gasteiger partial charge on any atom is -0.438 e. The number of thioether (sulfide) groups is 1. The van der Waals surface area contributed by atoms with Crippen molar-refractivity contribution >= 4 is 23.4 Å². The third-order valence-corrected chi connectivity index (χ3v) is 5.51. The van der Waals surface area contributed by atoms with Crippen LogP contribution in [0.15, 0.2) is 64.5 Å². The summed E-state index contributed by atoms with van der Waals surface area (Å²) in [6.45, 7) is 0.706. The van der Waals surface area contributed by atoms with E-state index in [1.165, 1.54) is 0 Å². The summed E-state index contributed by atoms with van der Waals surface area (Å²) in [5.41, 5.74) is 1.61. The van der Waals surface area contributed by atoms with E-state index in [2.05, 4.69) is 4.98 Å². The fourth-order valence-electron chi connectivity index (χ4n) is 2.90. The monoisotopic (exact) mass is 384 g/mol. The number of hydrogen-bond acceptors (Lipinski definition) is 4. The van der Waals surface area contributed by atoms with Crippen molar-refractivity contribution in [3.05, 3.63) is 81.1 Å². The highest BCUT2D eigenvalue weighted by atomic mass is 35.5. The highest BCUT2D eigenvalue weighted by Crippen LogP contribution is 2.29. The van der Waals surface area contributed by atoms with Crippen molar-refractivity contribution in [2.75, 3.05) is 5.75 Å². The molecule has 0 bridgehead atoms. The molecule has 0 atom stereocenters. The van der Waals surface area contributed by atoms with Gasteiger partial charge in [0.05, 0.1) is 5.56 Å². The lowest BCUT2D eigenvalue weighted by Gasteiger charge is -2.20. The first kappa shape index (κ1) is 17.2. The van der Waals surface area contributed by atoms with E-state index in [0.29, 0.717) is 35.2 Å². The second-order valence-electron chi connectivity index (χ2n) is 6.06. The molecule has 0 aliphatic carbocycles. The summed E-state index contributed by atoms with van der Waals surface area (Å²) in [5, 5.41) is 1.36. The van der Waals surface area contributed by atoms with Crippen LogP contribution in [0.5, 0.6) is 11.6 Å². The summed E-state index contributed by atoms with van der Waals surface area (Å²) < 4.78 is 7.75. The average molecular weight is 385 g/mol. The van der Waals surface area contributed by atoms with Crippen molar-refractivity contribution in [2.45, 2.75) is 24.5 Å². The molecular weight excluding hydrogens is 368 g/mol. The molecule has 0 saturated carbocycles. The lowest BCUT2D eigenvalue weighted by Crippen LogP contribution is -2.29. The summed E-state index contributed by atoms with van der Waals surface area (Å²) in [5.74, 6) is 1.95.